The molecule has 1 fully saturated rings. The number of aryl methyl sites for hydroxylation is 2. The van der Waals surface area contributed by atoms with E-state index in [0.29, 0.717) is 32.8 Å². The molecule has 136 valence electrons. The van der Waals surface area contributed by atoms with E-state index in [1.165, 1.54) is 27.6 Å². The minimum absolute atomic E-state index is 0.0603. The molecule has 3 heterocycles. The number of sulfonamides is 1. The molecule has 0 unspecified atom stereocenters. The van der Waals surface area contributed by atoms with Gasteiger partial charge in [-0.05, 0) is 31.2 Å². The van der Waals surface area contributed by atoms with Crippen molar-refractivity contribution in [3.8, 4) is 0 Å². The number of thiophene rings is 1. The van der Waals surface area contributed by atoms with E-state index in [1.807, 2.05) is 0 Å². The van der Waals surface area contributed by atoms with Gasteiger partial charge >= 0.3 is 0 Å². The largest absolute Gasteiger partial charge is 0.379 e. The van der Waals surface area contributed by atoms with E-state index >= 15 is 0 Å². The van der Waals surface area contributed by atoms with Crippen LogP contribution in [0.2, 0.25) is 0 Å². The maximum absolute atomic E-state index is 12.4. The first kappa shape index (κ1) is 17.1. The van der Waals surface area contributed by atoms with Crippen LogP contribution in [0, 0.1) is 0 Å². The zero-order valence-electron chi connectivity index (χ0n) is 14.0. The van der Waals surface area contributed by atoms with Crippen LogP contribution >= 0.6 is 11.3 Å². The summed E-state index contributed by atoms with van der Waals surface area (Å²) >= 11 is 1.74. The van der Waals surface area contributed by atoms with Crippen molar-refractivity contribution in [1.29, 1.82) is 0 Å². The molecule has 0 atom stereocenters. The summed E-state index contributed by atoms with van der Waals surface area (Å²) in [5, 5.41) is 4.33. The highest BCUT2D eigenvalue weighted by Gasteiger charge is 2.24. The molecule has 0 saturated carbocycles. The molecule has 25 heavy (non-hydrogen) atoms. The number of fused-ring (bicyclic) bond motifs is 3. The summed E-state index contributed by atoms with van der Waals surface area (Å²) in [5.41, 5.74) is 1.35. The first-order valence-electron chi connectivity index (χ1n) is 8.70. The summed E-state index contributed by atoms with van der Waals surface area (Å²) < 4.78 is 31.6. The molecular formula is C16H22N4O3S2. The van der Waals surface area contributed by atoms with Gasteiger partial charge in [-0.2, -0.15) is 4.31 Å². The lowest BCUT2D eigenvalue weighted by atomic mass is 9.97. The average Bonchev–Trinajstić information content (AvgIpc) is 3.02. The average molecular weight is 383 g/mol. The predicted octanol–water partition coefficient (Wildman–Crippen LogP) is 1.64. The highest BCUT2D eigenvalue weighted by atomic mass is 32.2. The Hall–Kier alpha value is -1.29. The van der Waals surface area contributed by atoms with E-state index < -0.39 is 10.0 Å². The van der Waals surface area contributed by atoms with E-state index in [9.17, 15) is 8.42 Å². The standard InChI is InChI=1S/C16H22N4O3S2/c21-25(22,20-6-8-23-9-7-20)10-5-17-15-14-12-3-1-2-4-13(12)24-16(14)19-11-18-15/h11H,1-10H2,(H,17,18,19). The van der Waals surface area contributed by atoms with Crippen LogP contribution in [0.1, 0.15) is 23.3 Å². The highest BCUT2D eigenvalue weighted by molar-refractivity contribution is 7.89. The lowest BCUT2D eigenvalue weighted by Gasteiger charge is -2.26. The first-order valence-corrected chi connectivity index (χ1v) is 11.1. The molecule has 1 aliphatic carbocycles. The van der Waals surface area contributed by atoms with Crippen molar-refractivity contribution >= 4 is 37.4 Å². The first-order chi connectivity index (χ1) is 12.1. The van der Waals surface area contributed by atoms with Crippen molar-refractivity contribution in [2.75, 3.05) is 43.9 Å². The summed E-state index contributed by atoms with van der Waals surface area (Å²) in [6.07, 6.45) is 6.15. The fraction of sp³-hybridized carbons (Fsp3) is 0.625. The van der Waals surface area contributed by atoms with Gasteiger partial charge in [-0.25, -0.2) is 18.4 Å². The van der Waals surface area contributed by atoms with Gasteiger partial charge < -0.3 is 10.1 Å². The van der Waals surface area contributed by atoms with Crippen LogP contribution in [-0.4, -0.2) is 61.3 Å². The molecule has 0 spiro atoms. The van der Waals surface area contributed by atoms with E-state index in [2.05, 4.69) is 15.3 Å². The van der Waals surface area contributed by atoms with Crippen LogP contribution in [0.15, 0.2) is 6.33 Å². The Bertz CT molecular complexity index is 860. The number of nitrogens with zero attached hydrogens (tertiary/aromatic N) is 3. The number of hydrogen-bond donors (Lipinski definition) is 1. The maximum atomic E-state index is 12.4. The smallest absolute Gasteiger partial charge is 0.215 e. The Labute approximate surface area is 151 Å². The van der Waals surface area contributed by atoms with Gasteiger partial charge in [0.2, 0.25) is 10.0 Å². The van der Waals surface area contributed by atoms with Crippen LogP contribution < -0.4 is 5.32 Å². The number of ether oxygens (including phenoxy) is 1. The zero-order chi connectivity index (χ0) is 17.3. The van der Waals surface area contributed by atoms with Crippen LogP contribution in [-0.2, 0) is 27.6 Å². The molecule has 2 aromatic rings. The summed E-state index contributed by atoms with van der Waals surface area (Å²) in [6, 6.07) is 0. The maximum Gasteiger partial charge on any atom is 0.215 e. The fourth-order valence-corrected chi connectivity index (χ4v) is 6.03. The molecule has 9 heteroatoms. The van der Waals surface area contributed by atoms with Gasteiger partial charge in [-0.3, -0.25) is 0 Å². The molecular weight excluding hydrogens is 360 g/mol. The molecule has 0 aromatic carbocycles. The van der Waals surface area contributed by atoms with Crippen molar-refractivity contribution < 1.29 is 13.2 Å². The summed E-state index contributed by atoms with van der Waals surface area (Å²) in [7, 11) is -3.26. The van der Waals surface area contributed by atoms with Gasteiger partial charge in [-0.1, -0.05) is 0 Å². The van der Waals surface area contributed by atoms with Gasteiger partial charge in [0.25, 0.3) is 0 Å². The molecule has 7 nitrogen and oxygen atoms in total. The topological polar surface area (TPSA) is 84.4 Å². The van der Waals surface area contributed by atoms with E-state index in [-0.39, 0.29) is 5.75 Å². The predicted molar refractivity (Wildman–Crippen MR) is 98.7 cm³/mol. The van der Waals surface area contributed by atoms with Crippen LogP contribution in [0.3, 0.4) is 0 Å². The Balaban J connectivity index is 1.49. The number of aromatic nitrogens is 2. The number of nitrogens with one attached hydrogen (secondary N) is 1. The molecule has 4 rings (SSSR count). The van der Waals surface area contributed by atoms with Crippen molar-refractivity contribution in [1.82, 2.24) is 14.3 Å². The second-order valence-corrected chi connectivity index (χ2v) is 9.54. The number of morpholine rings is 1. The SMILES string of the molecule is O=S(=O)(CCNc1ncnc2sc3c(c12)CCCC3)N1CCOCC1. The van der Waals surface area contributed by atoms with Gasteiger partial charge in [0.1, 0.15) is 17.0 Å². The number of rotatable bonds is 5. The second kappa shape index (κ2) is 7.14. The summed E-state index contributed by atoms with van der Waals surface area (Å²) in [5.74, 6) is 0.826. The van der Waals surface area contributed by atoms with Gasteiger partial charge in [0.15, 0.2) is 0 Å². The summed E-state index contributed by atoms with van der Waals surface area (Å²) in [4.78, 5) is 11.2. The normalized spacial score (nSPS) is 19.0. The molecule has 1 saturated heterocycles. The third-order valence-corrected chi connectivity index (χ3v) is 7.84. The number of hydrogen-bond acceptors (Lipinski definition) is 7. The molecule has 0 radical (unpaired) electrons. The Kier molecular flexibility index (Phi) is 4.90. The second-order valence-electron chi connectivity index (χ2n) is 6.37. The van der Waals surface area contributed by atoms with Crippen molar-refractivity contribution in [2.24, 2.45) is 0 Å². The molecule has 2 aliphatic rings. The van der Waals surface area contributed by atoms with Crippen LogP contribution in [0.25, 0.3) is 10.2 Å². The lowest BCUT2D eigenvalue weighted by Crippen LogP contribution is -2.42. The van der Waals surface area contributed by atoms with Gasteiger partial charge in [-0.15, -0.1) is 11.3 Å². The van der Waals surface area contributed by atoms with Crippen LogP contribution in [0.5, 0.6) is 0 Å². The fourth-order valence-electron chi connectivity index (χ4n) is 3.48. The molecule has 0 bridgehead atoms. The number of anilines is 1. The summed E-state index contributed by atoms with van der Waals surface area (Å²) in [6.45, 7) is 2.17. The molecule has 2 aromatic heterocycles. The van der Waals surface area contributed by atoms with Crippen molar-refractivity contribution in [3.05, 3.63) is 16.8 Å². The molecule has 0 amide bonds. The third-order valence-electron chi connectivity index (χ3n) is 4.77. The lowest BCUT2D eigenvalue weighted by molar-refractivity contribution is 0.0731. The highest BCUT2D eigenvalue weighted by Crippen LogP contribution is 2.37. The van der Waals surface area contributed by atoms with Crippen LogP contribution in [0.4, 0.5) is 5.82 Å². The van der Waals surface area contributed by atoms with Crippen molar-refractivity contribution in [3.63, 3.8) is 0 Å². The van der Waals surface area contributed by atoms with Gasteiger partial charge in [0, 0.05) is 24.5 Å². The van der Waals surface area contributed by atoms with Gasteiger partial charge in [0.05, 0.1) is 24.4 Å². The quantitative estimate of drug-likeness (QED) is 0.846. The third kappa shape index (κ3) is 3.51. The van der Waals surface area contributed by atoms with E-state index in [4.69, 9.17) is 4.74 Å². The molecule has 1 N–H and O–H groups in total. The Morgan fingerprint density at radius 2 is 2.00 bits per heavy atom. The van der Waals surface area contributed by atoms with E-state index in [0.717, 1.165) is 28.9 Å². The van der Waals surface area contributed by atoms with Crippen molar-refractivity contribution in [2.45, 2.75) is 25.7 Å². The minimum Gasteiger partial charge on any atom is -0.379 e. The zero-order valence-corrected chi connectivity index (χ0v) is 15.7. The van der Waals surface area contributed by atoms with E-state index in [1.54, 1.807) is 17.7 Å². The minimum atomic E-state index is -3.26. The Morgan fingerprint density at radius 1 is 1.20 bits per heavy atom. The monoisotopic (exact) mass is 382 g/mol. The molecule has 1 aliphatic heterocycles. The Morgan fingerprint density at radius 3 is 2.84 bits per heavy atom.